The van der Waals surface area contributed by atoms with Crippen molar-refractivity contribution >= 4 is 40.2 Å². The average Bonchev–Trinajstić information content (AvgIpc) is 2.48. The molecule has 132 valence electrons. The van der Waals surface area contributed by atoms with Crippen molar-refractivity contribution in [2.75, 3.05) is 32.2 Å². The van der Waals surface area contributed by atoms with Crippen molar-refractivity contribution < 1.29 is 22.7 Å². The molecule has 6 nitrogen and oxygen atoms in total. The van der Waals surface area contributed by atoms with Crippen molar-refractivity contribution in [2.24, 2.45) is 0 Å². The second-order valence-corrected chi connectivity index (χ2v) is 10.8. The van der Waals surface area contributed by atoms with Crippen LogP contribution in [0, 0.1) is 0 Å². The Morgan fingerprint density at radius 2 is 1.57 bits per heavy atom. The molecule has 0 radical (unpaired) electrons. The minimum Gasteiger partial charge on any atom is -0.395 e. The van der Waals surface area contributed by atoms with E-state index in [1.807, 2.05) is 13.8 Å². The van der Waals surface area contributed by atoms with Crippen LogP contribution in [0.25, 0.3) is 0 Å². The minimum atomic E-state index is -3.38. The zero-order valence-corrected chi connectivity index (χ0v) is 17.1. The Morgan fingerprint density at radius 1 is 1.04 bits per heavy atom. The standard InChI is InChI=1S/C14H27NO5P3/c1-5-17-22(16,18-6-2)12-9-10-13(15)14(11-12)23(21,19-7-3)20-8-4/h9-11H,5-8,15,21H2,1-4H3/q+1. The van der Waals surface area contributed by atoms with Gasteiger partial charge < -0.3 is 14.8 Å². The fourth-order valence-electron chi connectivity index (χ4n) is 2.06. The highest BCUT2D eigenvalue weighted by Crippen LogP contribution is 2.68. The Kier molecular flexibility index (Phi) is 8.61. The molecular weight excluding hydrogens is 355 g/mol. The largest absolute Gasteiger partial charge is 0.395 e. The number of anilines is 1. The van der Waals surface area contributed by atoms with E-state index in [1.54, 1.807) is 32.0 Å². The molecule has 0 aromatic heterocycles. The number of hydrogen-bond acceptors (Lipinski definition) is 6. The smallest absolute Gasteiger partial charge is 0.361 e. The van der Waals surface area contributed by atoms with Gasteiger partial charge in [-0.2, -0.15) is 9.05 Å². The first-order valence-corrected chi connectivity index (χ1v) is 12.4. The molecule has 0 aliphatic heterocycles. The van der Waals surface area contributed by atoms with Crippen LogP contribution in [-0.4, -0.2) is 26.4 Å². The van der Waals surface area contributed by atoms with Crippen LogP contribution < -0.4 is 16.3 Å². The van der Waals surface area contributed by atoms with E-state index in [-0.39, 0.29) is 13.2 Å². The lowest BCUT2D eigenvalue weighted by Crippen LogP contribution is -2.22. The molecule has 0 heterocycles. The molecule has 0 bridgehead atoms. The molecule has 0 fully saturated rings. The molecule has 1 unspecified atom stereocenters. The van der Waals surface area contributed by atoms with Crippen LogP contribution in [0.1, 0.15) is 27.7 Å². The minimum absolute atomic E-state index is 0.287. The maximum absolute atomic E-state index is 13.0. The molecule has 0 spiro atoms. The SMILES string of the molecule is CCOP(=O)(OCC)c1ccc(N)c([P+](P)(OCC)OCC)c1. The van der Waals surface area contributed by atoms with Crippen LogP contribution in [0.3, 0.4) is 0 Å². The Hall–Kier alpha value is -0.0500. The second-order valence-electron chi connectivity index (χ2n) is 4.51. The third-order valence-corrected chi connectivity index (χ3v) is 9.08. The Balaban J connectivity index is 3.38. The molecule has 1 aromatic carbocycles. The lowest BCUT2D eigenvalue weighted by atomic mass is 10.3. The predicted molar refractivity (Wildman–Crippen MR) is 101 cm³/mol. The Morgan fingerprint density at radius 3 is 2.00 bits per heavy atom. The van der Waals surface area contributed by atoms with E-state index in [0.717, 1.165) is 0 Å². The van der Waals surface area contributed by atoms with E-state index in [9.17, 15) is 4.57 Å². The third kappa shape index (κ3) is 5.21. The van der Waals surface area contributed by atoms with E-state index >= 15 is 0 Å². The van der Waals surface area contributed by atoms with Gasteiger partial charge in [-0.25, -0.2) is 0 Å². The van der Waals surface area contributed by atoms with Crippen LogP contribution in [0.2, 0.25) is 0 Å². The van der Waals surface area contributed by atoms with Gasteiger partial charge in [0.2, 0.25) is 0 Å². The first-order valence-electron chi connectivity index (χ1n) is 7.63. The van der Waals surface area contributed by atoms with Crippen molar-refractivity contribution in [1.82, 2.24) is 0 Å². The summed E-state index contributed by atoms with van der Waals surface area (Å²) in [6.07, 6.45) is 0. The topological polar surface area (TPSA) is 80.0 Å². The summed E-state index contributed by atoms with van der Waals surface area (Å²) >= 11 is 0. The van der Waals surface area contributed by atoms with E-state index in [0.29, 0.717) is 29.5 Å². The molecule has 1 rings (SSSR count). The summed E-state index contributed by atoms with van der Waals surface area (Å²) in [6, 6.07) is 5.07. The molecule has 1 atom stereocenters. The van der Waals surface area contributed by atoms with Gasteiger partial charge >= 0.3 is 15.0 Å². The van der Waals surface area contributed by atoms with Gasteiger partial charge in [0.05, 0.1) is 46.3 Å². The fourth-order valence-corrected chi connectivity index (χ4v) is 7.20. The van der Waals surface area contributed by atoms with E-state index in [2.05, 4.69) is 8.93 Å². The molecule has 0 amide bonds. The molecule has 0 aliphatic rings. The molecular formula is C14H27NO5P3+. The number of hydrogen-bond donors (Lipinski definition) is 1. The van der Waals surface area contributed by atoms with Crippen molar-refractivity contribution in [3.8, 4) is 0 Å². The first kappa shape index (κ1) is 21.0. The molecule has 23 heavy (non-hydrogen) atoms. The normalized spacial score (nSPS) is 12.6. The molecule has 0 aliphatic carbocycles. The maximum Gasteiger partial charge on any atom is 0.361 e. The zero-order chi connectivity index (χ0) is 17.5. The van der Waals surface area contributed by atoms with E-state index < -0.39 is 15.0 Å². The third-order valence-electron chi connectivity index (χ3n) is 2.91. The highest BCUT2D eigenvalue weighted by Gasteiger charge is 2.42. The summed E-state index contributed by atoms with van der Waals surface area (Å²) in [5.74, 6) is 0. The molecule has 0 saturated heterocycles. The molecule has 9 heteroatoms. The van der Waals surface area contributed by atoms with E-state index in [1.165, 1.54) is 0 Å². The van der Waals surface area contributed by atoms with Crippen molar-refractivity contribution in [3.05, 3.63) is 18.2 Å². The Labute approximate surface area is 141 Å². The van der Waals surface area contributed by atoms with E-state index in [4.69, 9.17) is 23.8 Å². The number of benzene rings is 1. The van der Waals surface area contributed by atoms with Crippen LogP contribution in [0.4, 0.5) is 5.69 Å². The summed E-state index contributed by atoms with van der Waals surface area (Å²) in [5.41, 5.74) is 6.64. The summed E-state index contributed by atoms with van der Waals surface area (Å²) in [4.78, 5) is 0. The van der Waals surface area contributed by atoms with Gasteiger partial charge in [-0.3, -0.25) is 4.57 Å². The van der Waals surface area contributed by atoms with Crippen LogP contribution >= 0.6 is 23.9 Å². The van der Waals surface area contributed by atoms with Gasteiger partial charge in [-0.05, 0) is 39.8 Å². The Bertz CT molecular complexity index is 539. The van der Waals surface area contributed by atoms with Gasteiger partial charge in [0.15, 0.2) is 5.30 Å². The predicted octanol–water partition coefficient (Wildman–Crippen LogP) is 3.50. The lowest BCUT2D eigenvalue weighted by Gasteiger charge is -2.22. The lowest BCUT2D eigenvalue weighted by molar-refractivity contribution is 0.230. The molecule has 2 N–H and O–H groups in total. The van der Waals surface area contributed by atoms with Gasteiger partial charge in [0.1, 0.15) is 0 Å². The number of nitrogen functional groups attached to an aromatic ring is 1. The first-order chi connectivity index (χ1) is 10.9. The van der Waals surface area contributed by atoms with Gasteiger partial charge in [0, 0.05) is 6.07 Å². The van der Waals surface area contributed by atoms with Crippen LogP contribution in [0.15, 0.2) is 18.2 Å². The van der Waals surface area contributed by atoms with Crippen molar-refractivity contribution in [1.29, 1.82) is 0 Å². The highest BCUT2D eigenvalue weighted by molar-refractivity contribution is 8.23. The van der Waals surface area contributed by atoms with Gasteiger partial charge in [-0.1, -0.05) is 0 Å². The maximum atomic E-state index is 13.0. The van der Waals surface area contributed by atoms with Crippen LogP contribution in [-0.2, 0) is 22.7 Å². The number of nitrogens with two attached hydrogens (primary N) is 1. The summed E-state index contributed by atoms with van der Waals surface area (Å²) < 4.78 is 35.4. The summed E-state index contributed by atoms with van der Waals surface area (Å²) in [5, 5.41) is 1.14. The van der Waals surface area contributed by atoms with Crippen LogP contribution in [0.5, 0.6) is 0 Å². The van der Waals surface area contributed by atoms with Crippen molar-refractivity contribution in [2.45, 2.75) is 27.7 Å². The molecule has 0 saturated carbocycles. The summed E-state index contributed by atoms with van der Waals surface area (Å²) in [7, 11) is -3.18. The highest BCUT2D eigenvalue weighted by atomic mass is 32.1. The second kappa shape index (κ2) is 9.44. The summed E-state index contributed by atoms with van der Waals surface area (Å²) in [6.45, 7) is 8.87. The quantitative estimate of drug-likeness (QED) is 0.493. The molecule has 1 aromatic rings. The van der Waals surface area contributed by atoms with Crippen molar-refractivity contribution in [3.63, 3.8) is 0 Å². The number of rotatable bonds is 10. The zero-order valence-electron chi connectivity index (χ0n) is 14.2. The average molecular weight is 382 g/mol. The fraction of sp³-hybridized carbons (Fsp3) is 0.571. The van der Waals surface area contributed by atoms with Gasteiger partial charge in [0.25, 0.3) is 0 Å². The monoisotopic (exact) mass is 382 g/mol. The van der Waals surface area contributed by atoms with Gasteiger partial charge in [-0.15, -0.1) is 0 Å².